The number of amides is 1. The lowest BCUT2D eigenvalue weighted by Crippen LogP contribution is -2.42. The van der Waals surface area contributed by atoms with Gasteiger partial charge in [-0.3, -0.25) is 25.0 Å². The fourth-order valence-corrected chi connectivity index (χ4v) is 2.23. The number of nitro groups is 2. The first-order chi connectivity index (χ1) is 12.3. The summed E-state index contributed by atoms with van der Waals surface area (Å²) in [6.07, 6.45) is -0.0149. The number of aliphatic carboxylic acids is 1. The predicted octanol–water partition coefficient (Wildman–Crippen LogP) is 1.93. The first kappa shape index (κ1) is 18.5. The van der Waals surface area contributed by atoms with Gasteiger partial charge in [0.2, 0.25) is 0 Å². The molecule has 0 saturated heterocycles. The van der Waals surface area contributed by atoms with E-state index in [0.717, 1.165) is 18.2 Å². The van der Waals surface area contributed by atoms with Crippen molar-refractivity contribution in [2.75, 3.05) is 0 Å². The largest absolute Gasteiger partial charge is 0.480 e. The first-order valence-corrected chi connectivity index (χ1v) is 7.29. The molecule has 0 aromatic heterocycles. The van der Waals surface area contributed by atoms with Crippen molar-refractivity contribution in [1.29, 1.82) is 0 Å². The van der Waals surface area contributed by atoms with E-state index >= 15 is 0 Å². The summed E-state index contributed by atoms with van der Waals surface area (Å²) in [5, 5.41) is 33.3. The maximum absolute atomic E-state index is 12.3. The summed E-state index contributed by atoms with van der Waals surface area (Å²) in [6, 6.07) is 9.65. The van der Waals surface area contributed by atoms with Gasteiger partial charge in [-0.25, -0.2) is 4.79 Å². The van der Waals surface area contributed by atoms with Crippen LogP contribution in [0.2, 0.25) is 0 Å². The Kier molecular flexibility index (Phi) is 5.58. The number of nitrogens with zero attached hydrogens (tertiary/aromatic N) is 2. The highest BCUT2D eigenvalue weighted by atomic mass is 16.6. The van der Waals surface area contributed by atoms with Gasteiger partial charge >= 0.3 is 5.97 Å². The van der Waals surface area contributed by atoms with Gasteiger partial charge in [0.25, 0.3) is 17.3 Å². The van der Waals surface area contributed by atoms with Crippen molar-refractivity contribution >= 4 is 23.3 Å². The molecule has 134 valence electrons. The molecule has 0 radical (unpaired) electrons. The lowest BCUT2D eigenvalue weighted by Gasteiger charge is -2.14. The van der Waals surface area contributed by atoms with Crippen molar-refractivity contribution in [2.24, 2.45) is 0 Å². The zero-order valence-corrected chi connectivity index (χ0v) is 13.2. The molecule has 0 spiro atoms. The minimum Gasteiger partial charge on any atom is -0.480 e. The summed E-state index contributed by atoms with van der Waals surface area (Å²) >= 11 is 0. The Labute approximate surface area is 146 Å². The van der Waals surface area contributed by atoms with Crippen LogP contribution in [0.25, 0.3) is 0 Å². The molecule has 0 bridgehead atoms. The first-order valence-electron chi connectivity index (χ1n) is 7.29. The van der Waals surface area contributed by atoms with E-state index in [2.05, 4.69) is 5.32 Å². The maximum atomic E-state index is 12.3. The van der Waals surface area contributed by atoms with E-state index in [9.17, 15) is 34.9 Å². The van der Waals surface area contributed by atoms with E-state index in [1.807, 2.05) is 0 Å². The Balaban J connectivity index is 2.27. The summed E-state index contributed by atoms with van der Waals surface area (Å²) in [5.74, 6) is -2.26. The van der Waals surface area contributed by atoms with Gasteiger partial charge in [0.15, 0.2) is 0 Å². The lowest BCUT2D eigenvalue weighted by atomic mass is 10.1. The third-order valence-electron chi connectivity index (χ3n) is 3.47. The van der Waals surface area contributed by atoms with Crippen LogP contribution in [0.4, 0.5) is 11.4 Å². The van der Waals surface area contributed by atoms with Gasteiger partial charge in [0.1, 0.15) is 6.04 Å². The smallest absolute Gasteiger partial charge is 0.326 e. The number of hydrogen-bond donors (Lipinski definition) is 2. The summed E-state index contributed by atoms with van der Waals surface area (Å²) in [7, 11) is 0. The molecule has 2 aromatic carbocycles. The van der Waals surface area contributed by atoms with E-state index < -0.39 is 39.1 Å². The summed E-state index contributed by atoms with van der Waals surface area (Å²) in [6.45, 7) is 0. The van der Waals surface area contributed by atoms with E-state index in [-0.39, 0.29) is 12.0 Å². The molecule has 2 N–H and O–H groups in total. The number of hydrogen-bond acceptors (Lipinski definition) is 6. The minimum atomic E-state index is -1.30. The molecule has 0 aliphatic rings. The maximum Gasteiger partial charge on any atom is 0.326 e. The van der Waals surface area contributed by atoms with Crippen molar-refractivity contribution < 1.29 is 24.5 Å². The number of carbonyl (C=O) groups excluding carboxylic acids is 1. The van der Waals surface area contributed by atoms with Crippen molar-refractivity contribution in [2.45, 2.75) is 12.5 Å². The molecule has 0 heterocycles. The molecule has 10 nitrogen and oxygen atoms in total. The number of nitro benzene ring substituents is 2. The molecule has 10 heteroatoms. The van der Waals surface area contributed by atoms with Gasteiger partial charge in [-0.05, 0) is 5.56 Å². The Bertz CT molecular complexity index is 835. The number of carboxylic acid groups (broad SMARTS) is 1. The molecule has 1 atom stereocenters. The van der Waals surface area contributed by atoms with Gasteiger partial charge in [-0.1, -0.05) is 30.3 Å². The molecule has 0 saturated carbocycles. The van der Waals surface area contributed by atoms with Crippen LogP contribution in [0.15, 0.2) is 48.5 Å². The molecule has 0 aliphatic carbocycles. The standard InChI is InChI=1S/C16H13N3O7/c20-15(11-7-12(18(23)24)9-13(8-11)19(25)26)17-14(16(21)22)6-10-4-2-1-3-5-10/h1-5,7-9,14H,6H2,(H,17,20)(H,21,22). The second-order valence-corrected chi connectivity index (χ2v) is 5.31. The molecule has 0 fully saturated rings. The molecular weight excluding hydrogens is 346 g/mol. The second kappa shape index (κ2) is 7.83. The van der Waals surface area contributed by atoms with Gasteiger partial charge in [-0.15, -0.1) is 0 Å². The van der Waals surface area contributed by atoms with Crippen LogP contribution in [0.5, 0.6) is 0 Å². The van der Waals surface area contributed by atoms with Crippen LogP contribution in [0.1, 0.15) is 15.9 Å². The Morgan fingerprint density at radius 2 is 1.54 bits per heavy atom. The second-order valence-electron chi connectivity index (χ2n) is 5.31. The highest BCUT2D eigenvalue weighted by molar-refractivity contribution is 5.97. The van der Waals surface area contributed by atoms with Gasteiger partial charge in [-0.2, -0.15) is 0 Å². The van der Waals surface area contributed by atoms with Crippen LogP contribution >= 0.6 is 0 Å². The zero-order valence-electron chi connectivity index (χ0n) is 13.2. The Morgan fingerprint density at radius 1 is 1.00 bits per heavy atom. The van der Waals surface area contributed by atoms with Crippen molar-refractivity contribution in [1.82, 2.24) is 5.32 Å². The zero-order chi connectivity index (χ0) is 19.3. The van der Waals surface area contributed by atoms with Crippen molar-refractivity contribution in [3.63, 3.8) is 0 Å². The highest BCUT2D eigenvalue weighted by Gasteiger charge is 2.24. The minimum absolute atomic E-state index is 0.0149. The van der Waals surface area contributed by atoms with Crippen molar-refractivity contribution in [3.05, 3.63) is 79.9 Å². The van der Waals surface area contributed by atoms with Crippen molar-refractivity contribution in [3.8, 4) is 0 Å². The number of carbonyl (C=O) groups is 2. The number of nitrogens with one attached hydrogen (secondary N) is 1. The number of rotatable bonds is 7. The molecule has 0 aliphatic heterocycles. The quantitative estimate of drug-likeness (QED) is 0.565. The van der Waals surface area contributed by atoms with E-state index in [1.165, 1.54) is 0 Å². The third-order valence-corrected chi connectivity index (χ3v) is 3.47. The van der Waals surface area contributed by atoms with Gasteiger partial charge in [0, 0.05) is 18.6 Å². The topological polar surface area (TPSA) is 153 Å². The number of carboxylic acids is 1. The van der Waals surface area contributed by atoms with Gasteiger partial charge in [0.05, 0.1) is 21.5 Å². The lowest BCUT2D eigenvalue weighted by molar-refractivity contribution is -0.394. The summed E-state index contributed by atoms with van der Waals surface area (Å²) in [5.41, 5.74) is -0.992. The third kappa shape index (κ3) is 4.60. The fourth-order valence-electron chi connectivity index (χ4n) is 2.23. The summed E-state index contributed by atoms with van der Waals surface area (Å²) < 4.78 is 0. The average Bonchev–Trinajstić information content (AvgIpc) is 2.61. The molecule has 1 amide bonds. The van der Waals surface area contributed by atoms with Crippen LogP contribution in [0.3, 0.4) is 0 Å². The molecule has 26 heavy (non-hydrogen) atoms. The van der Waals surface area contributed by atoms with E-state index in [0.29, 0.717) is 5.56 Å². The molecular formula is C16H13N3O7. The SMILES string of the molecule is O=C(NC(Cc1ccccc1)C(=O)O)c1cc([N+](=O)[O-])cc([N+](=O)[O-])c1. The van der Waals surface area contributed by atoms with Crippen LogP contribution < -0.4 is 5.32 Å². The normalized spacial score (nSPS) is 11.4. The number of benzene rings is 2. The number of non-ortho nitro benzene ring substituents is 2. The predicted molar refractivity (Wildman–Crippen MR) is 88.8 cm³/mol. The molecule has 1 unspecified atom stereocenters. The summed E-state index contributed by atoms with van der Waals surface area (Å²) in [4.78, 5) is 43.7. The Hall–Kier alpha value is -3.82. The average molecular weight is 359 g/mol. The van der Waals surface area contributed by atoms with Crippen LogP contribution in [0, 0.1) is 20.2 Å². The van der Waals surface area contributed by atoms with E-state index in [1.54, 1.807) is 30.3 Å². The van der Waals surface area contributed by atoms with Crippen LogP contribution in [-0.4, -0.2) is 32.9 Å². The molecule has 2 rings (SSSR count). The fraction of sp³-hybridized carbons (Fsp3) is 0.125. The van der Waals surface area contributed by atoms with E-state index in [4.69, 9.17) is 0 Å². The molecule has 2 aromatic rings. The highest BCUT2D eigenvalue weighted by Crippen LogP contribution is 2.22. The van der Waals surface area contributed by atoms with Crippen LogP contribution in [-0.2, 0) is 11.2 Å². The Morgan fingerprint density at radius 3 is 2.00 bits per heavy atom. The monoisotopic (exact) mass is 359 g/mol. The van der Waals surface area contributed by atoms with Gasteiger partial charge < -0.3 is 10.4 Å².